The molecule has 3 aliphatic rings. The van der Waals surface area contributed by atoms with Crippen molar-refractivity contribution in [1.82, 2.24) is 0 Å². The highest BCUT2D eigenvalue weighted by Gasteiger charge is 2.43. The quantitative estimate of drug-likeness (QED) is 0.499. The van der Waals surface area contributed by atoms with Crippen molar-refractivity contribution >= 4 is 0 Å². The van der Waals surface area contributed by atoms with E-state index in [4.69, 9.17) is 9.47 Å². The molecule has 0 radical (unpaired) electrons. The summed E-state index contributed by atoms with van der Waals surface area (Å²) >= 11 is 0. The minimum atomic E-state index is -1.26. The minimum absolute atomic E-state index is 0.212. The van der Waals surface area contributed by atoms with Gasteiger partial charge in [0.1, 0.15) is 18.0 Å². The summed E-state index contributed by atoms with van der Waals surface area (Å²) in [6.45, 7) is 1.30. The molecule has 6 nitrogen and oxygen atoms in total. The van der Waals surface area contributed by atoms with Crippen LogP contribution in [0.15, 0.2) is 42.5 Å². The fraction of sp³-hybridized carbons (Fsp3) is 0.571. The summed E-state index contributed by atoms with van der Waals surface area (Å²) in [5.74, 6) is 0.713. The molecule has 34 heavy (non-hydrogen) atoms. The first kappa shape index (κ1) is 23.8. The molecule has 184 valence electrons. The maximum absolute atomic E-state index is 10.7. The molecule has 1 aliphatic heterocycles. The highest BCUT2D eigenvalue weighted by Crippen LogP contribution is 2.44. The van der Waals surface area contributed by atoms with Crippen LogP contribution in [0.5, 0.6) is 5.75 Å². The molecular formula is C28H36O6. The van der Waals surface area contributed by atoms with Crippen molar-refractivity contribution in [2.45, 2.75) is 74.8 Å². The third kappa shape index (κ3) is 5.16. The number of ether oxygens (including phenoxy) is 2. The molecule has 1 heterocycles. The highest BCUT2D eigenvalue weighted by atomic mass is 16.5. The Labute approximate surface area is 201 Å². The summed E-state index contributed by atoms with van der Waals surface area (Å²) < 4.78 is 11.5. The number of hydrogen-bond donors (Lipinski definition) is 4. The van der Waals surface area contributed by atoms with Crippen LogP contribution >= 0.6 is 0 Å². The van der Waals surface area contributed by atoms with E-state index in [9.17, 15) is 20.4 Å². The molecule has 0 unspecified atom stereocenters. The lowest BCUT2D eigenvalue weighted by atomic mass is 9.72. The van der Waals surface area contributed by atoms with Gasteiger partial charge in [0, 0.05) is 31.3 Å². The molecule has 5 rings (SSSR count). The van der Waals surface area contributed by atoms with Gasteiger partial charge in [0.15, 0.2) is 0 Å². The molecule has 0 bridgehead atoms. The van der Waals surface area contributed by atoms with E-state index in [1.807, 2.05) is 12.1 Å². The first-order valence-corrected chi connectivity index (χ1v) is 12.6. The van der Waals surface area contributed by atoms with Gasteiger partial charge in [0.05, 0.1) is 25.4 Å². The second kappa shape index (κ2) is 10.3. The van der Waals surface area contributed by atoms with Crippen LogP contribution in [-0.2, 0) is 11.2 Å². The van der Waals surface area contributed by atoms with Crippen LogP contribution in [0.3, 0.4) is 0 Å². The molecular weight excluding hydrogens is 432 g/mol. The van der Waals surface area contributed by atoms with Gasteiger partial charge in [0.25, 0.3) is 0 Å². The first-order chi connectivity index (χ1) is 16.5. The predicted octanol–water partition coefficient (Wildman–Crippen LogP) is 2.89. The van der Waals surface area contributed by atoms with Crippen LogP contribution in [0.4, 0.5) is 0 Å². The lowest BCUT2D eigenvalue weighted by Gasteiger charge is -2.40. The molecule has 2 aromatic carbocycles. The maximum atomic E-state index is 10.7. The van der Waals surface area contributed by atoms with Gasteiger partial charge in [-0.3, -0.25) is 0 Å². The summed E-state index contributed by atoms with van der Waals surface area (Å²) in [5.41, 5.74) is 4.75. The third-order valence-electron chi connectivity index (χ3n) is 7.79. The molecule has 2 saturated carbocycles. The lowest BCUT2D eigenvalue weighted by Crippen LogP contribution is -2.51. The molecule has 3 fully saturated rings. The molecule has 5 atom stereocenters. The summed E-state index contributed by atoms with van der Waals surface area (Å²) in [6.07, 6.45) is 2.28. The van der Waals surface area contributed by atoms with Crippen LogP contribution in [0.1, 0.15) is 66.2 Å². The van der Waals surface area contributed by atoms with E-state index < -0.39 is 24.2 Å². The largest absolute Gasteiger partial charge is 0.490 e. The average Bonchev–Trinajstić information content (AvgIpc) is 3.70. The molecule has 0 spiro atoms. The Morgan fingerprint density at radius 1 is 0.853 bits per heavy atom. The van der Waals surface area contributed by atoms with Gasteiger partial charge in [-0.25, -0.2) is 0 Å². The smallest absolute Gasteiger partial charge is 0.119 e. The van der Waals surface area contributed by atoms with Gasteiger partial charge in [0.2, 0.25) is 0 Å². The Hall–Kier alpha value is -1.96. The molecule has 0 amide bonds. The number of rotatable bonds is 7. The standard InChI is InChI=1S/C28H36O6/c29-16-21-15-25(27(31)28(32)26(21)30)19-5-8-24(18-3-4-18)20(14-19)13-17-1-6-22(7-2-17)34-23-9-11-33-12-10-23/h1-2,5-8,14,18,21,23,25-32H,3-4,9-13,15-16H2/t21-,25+,26-,27+,28+/m1/s1. The van der Waals surface area contributed by atoms with Gasteiger partial charge in [-0.2, -0.15) is 0 Å². The van der Waals surface area contributed by atoms with Gasteiger partial charge in [-0.1, -0.05) is 30.3 Å². The van der Waals surface area contributed by atoms with Crippen LogP contribution in [0.2, 0.25) is 0 Å². The SMILES string of the molecule is OC[C@H]1C[C@@H](c2ccc(C3CC3)c(Cc3ccc(OC4CCOCC4)cc3)c2)[C@H](O)[C@@H](O)[C@@H]1O. The van der Waals surface area contributed by atoms with Crippen molar-refractivity contribution in [3.05, 3.63) is 64.7 Å². The molecule has 0 aromatic heterocycles. The first-order valence-electron chi connectivity index (χ1n) is 12.6. The van der Waals surface area contributed by atoms with Crippen molar-refractivity contribution < 1.29 is 29.9 Å². The second-order valence-corrected chi connectivity index (χ2v) is 10.2. The monoisotopic (exact) mass is 468 g/mol. The van der Waals surface area contributed by atoms with Crippen LogP contribution in [0, 0.1) is 5.92 Å². The molecule has 2 aliphatic carbocycles. The van der Waals surface area contributed by atoms with E-state index >= 15 is 0 Å². The fourth-order valence-electron chi connectivity index (χ4n) is 5.53. The second-order valence-electron chi connectivity index (χ2n) is 10.2. The molecule has 6 heteroatoms. The van der Waals surface area contributed by atoms with E-state index in [2.05, 4.69) is 30.3 Å². The van der Waals surface area contributed by atoms with Crippen molar-refractivity contribution in [3.8, 4) is 5.75 Å². The van der Waals surface area contributed by atoms with Crippen LogP contribution in [-0.4, -0.2) is 64.7 Å². The lowest BCUT2D eigenvalue weighted by molar-refractivity contribution is -0.127. The van der Waals surface area contributed by atoms with Crippen LogP contribution < -0.4 is 4.74 Å². The topological polar surface area (TPSA) is 99.4 Å². The molecule has 2 aromatic rings. The van der Waals surface area contributed by atoms with E-state index in [1.54, 1.807) is 0 Å². The average molecular weight is 469 g/mol. The zero-order valence-corrected chi connectivity index (χ0v) is 19.6. The highest BCUT2D eigenvalue weighted by molar-refractivity contribution is 5.42. The number of benzene rings is 2. The van der Waals surface area contributed by atoms with Gasteiger partial charge >= 0.3 is 0 Å². The van der Waals surface area contributed by atoms with E-state index in [1.165, 1.54) is 29.5 Å². The zero-order valence-electron chi connectivity index (χ0n) is 19.6. The Bertz CT molecular complexity index is 948. The van der Waals surface area contributed by atoms with E-state index in [0.717, 1.165) is 43.8 Å². The van der Waals surface area contributed by atoms with Crippen LogP contribution in [0.25, 0.3) is 0 Å². The van der Waals surface area contributed by atoms with Crippen molar-refractivity contribution in [1.29, 1.82) is 0 Å². The molecule has 4 N–H and O–H groups in total. The van der Waals surface area contributed by atoms with Crippen molar-refractivity contribution in [2.24, 2.45) is 5.92 Å². The van der Waals surface area contributed by atoms with Crippen molar-refractivity contribution in [2.75, 3.05) is 19.8 Å². The summed E-state index contributed by atoms with van der Waals surface area (Å²) in [4.78, 5) is 0. The third-order valence-corrected chi connectivity index (χ3v) is 7.79. The van der Waals surface area contributed by atoms with E-state index in [-0.39, 0.29) is 18.6 Å². The normalized spacial score (nSPS) is 30.3. The van der Waals surface area contributed by atoms with Crippen molar-refractivity contribution in [3.63, 3.8) is 0 Å². The Kier molecular flexibility index (Phi) is 7.23. The maximum Gasteiger partial charge on any atom is 0.119 e. The number of aliphatic hydroxyl groups is 4. The number of hydrogen-bond acceptors (Lipinski definition) is 6. The Balaban J connectivity index is 1.34. The Morgan fingerprint density at radius 2 is 1.59 bits per heavy atom. The van der Waals surface area contributed by atoms with Gasteiger partial charge in [-0.15, -0.1) is 0 Å². The van der Waals surface area contributed by atoms with Gasteiger partial charge < -0.3 is 29.9 Å². The Morgan fingerprint density at radius 3 is 2.26 bits per heavy atom. The number of aliphatic hydroxyl groups excluding tert-OH is 4. The predicted molar refractivity (Wildman–Crippen MR) is 128 cm³/mol. The summed E-state index contributed by atoms with van der Waals surface area (Å²) in [7, 11) is 0. The minimum Gasteiger partial charge on any atom is -0.490 e. The summed E-state index contributed by atoms with van der Waals surface area (Å²) in [6, 6.07) is 14.7. The molecule has 1 saturated heterocycles. The van der Waals surface area contributed by atoms with Gasteiger partial charge in [-0.05, 0) is 66.0 Å². The van der Waals surface area contributed by atoms with E-state index in [0.29, 0.717) is 12.3 Å². The fourth-order valence-corrected chi connectivity index (χ4v) is 5.53. The zero-order chi connectivity index (χ0) is 23.7. The summed E-state index contributed by atoms with van der Waals surface area (Å²) in [5, 5.41) is 40.9.